The second-order valence-corrected chi connectivity index (χ2v) is 5.96. The van der Waals surface area contributed by atoms with Gasteiger partial charge in [0.25, 0.3) is 0 Å². The topological polar surface area (TPSA) is 64.3 Å². The Bertz CT molecular complexity index is 442. The first-order valence-electron chi connectivity index (χ1n) is 6.03. The van der Waals surface area contributed by atoms with Crippen molar-refractivity contribution in [1.82, 2.24) is 9.97 Å². The molecule has 0 saturated carbocycles. The van der Waals surface area contributed by atoms with Crippen LogP contribution in [0.2, 0.25) is 0 Å². The average molecular weight is 347 g/mol. The van der Waals surface area contributed by atoms with Gasteiger partial charge in [0.1, 0.15) is 0 Å². The predicted molar refractivity (Wildman–Crippen MR) is 84.7 cm³/mol. The van der Waals surface area contributed by atoms with Gasteiger partial charge in [0.15, 0.2) is 0 Å². The molecule has 19 heavy (non-hydrogen) atoms. The van der Waals surface area contributed by atoms with E-state index in [9.17, 15) is 0 Å². The van der Waals surface area contributed by atoms with Gasteiger partial charge in [0.2, 0.25) is 11.8 Å². The van der Waals surface area contributed by atoms with Crippen LogP contribution in [-0.2, 0) is 0 Å². The summed E-state index contributed by atoms with van der Waals surface area (Å²) < 4.78 is 5.93. The first-order chi connectivity index (χ1) is 8.93. The fraction of sp³-hybridized carbons (Fsp3) is 0.583. The molecule has 1 aromatic heterocycles. The fourth-order valence-corrected chi connectivity index (χ4v) is 2.04. The molecular weight excluding hydrogens is 328 g/mol. The molecule has 7 heteroatoms. The molecule has 0 fully saturated rings. The highest BCUT2D eigenvalue weighted by atomic mass is 79.9. The van der Waals surface area contributed by atoms with E-state index in [-0.39, 0.29) is 0 Å². The van der Waals surface area contributed by atoms with Gasteiger partial charge in [0, 0.05) is 19.5 Å². The van der Waals surface area contributed by atoms with Gasteiger partial charge in [-0.05, 0) is 21.8 Å². The number of nitrogens with zero attached hydrogens (tertiary/aromatic N) is 3. The molecule has 0 atom stereocenters. The lowest BCUT2D eigenvalue weighted by Crippen LogP contribution is -2.32. The molecule has 0 unspecified atom stereocenters. The summed E-state index contributed by atoms with van der Waals surface area (Å²) >= 11 is 8.27. The smallest absolute Gasteiger partial charge is 0.232 e. The van der Waals surface area contributed by atoms with E-state index in [1.165, 1.54) is 0 Å². The Labute approximate surface area is 127 Å². The van der Waals surface area contributed by atoms with E-state index in [2.05, 4.69) is 44.6 Å². The number of halogens is 1. The number of nitrogens with two attached hydrogens (primary N) is 1. The minimum Gasteiger partial charge on any atom is -0.480 e. The van der Waals surface area contributed by atoms with Crippen LogP contribution in [-0.4, -0.2) is 35.2 Å². The van der Waals surface area contributed by atoms with E-state index in [1.54, 1.807) is 13.3 Å². The summed E-state index contributed by atoms with van der Waals surface area (Å²) in [5, 5.41) is 0. The number of methoxy groups -OCH3 is 1. The Morgan fingerprint density at radius 1 is 1.58 bits per heavy atom. The molecular formula is C12H19BrN4OS. The Kier molecular flexibility index (Phi) is 6.44. The molecule has 0 aliphatic carbocycles. The molecule has 0 saturated heterocycles. The molecule has 5 nitrogen and oxygen atoms in total. The third kappa shape index (κ3) is 5.28. The number of thiocarbonyl (C=S) groups is 1. The van der Waals surface area contributed by atoms with Crippen LogP contribution < -0.4 is 15.4 Å². The first kappa shape index (κ1) is 16.1. The number of ether oxygens (including phenoxy) is 1. The second-order valence-electron chi connectivity index (χ2n) is 4.58. The van der Waals surface area contributed by atoms with Crippen LogP contribution in [0.5, 0.6) is 5.88 Å². The quantitative estimate of drug-likeness (QED) is 0.764. The van der Waals surface area contributed by atoms with Crippen LogP contribution >= 0.6 is 28.1 Å². The summed E-state index contributed by atoms with van der Waals surface area (Å²) in [5.74, 6) is 1.64. The average Bonchev–Trinajstić information content (AvgIpc) is 2.34. The highest BCUT2D eigenvalue weighted by Crippen LogP contribution is 2.23. The van der Waals surface area contributed by atoms with Gasteiger partial charge in [-0.2, -0.15) is 4.98 Å². The molecule has 0 radical (unpaired) electrons. The molecule has 0 bridgehead atoms. The predicted octanol–water partition coefficient (Wildman–Crippen LogP) is 2.39. The Hall–Kier alpha value is -0.950. The van der Waals surface area contributed by atoms with Crippen molar-refractivity contribution in [2.45, 2.75) is 20.3 Å². The second kappa shape index (κ2) is 7.59. The summed E-state index contributed by atoms with van der Waals surface area (Å²) in [6, 6.07) is 0. The van der Waals surface area contributed by atoms with E-state index in [0.717, 1.165) is 11.0 Å². The third-order valence-electron chi connectivity index (χ3n) is 2.39. The zero-order valence-electron chi connectivity index (χ0n) is 11.4. The van der Waals surface area contributed by atoms with Gasteiger partial charge in [-0.1, -0.05) is 26.1 Å². The molecule has 106 valence electrons. The minimum atomic E-state index is 0.490. The molecule has 0 spiro atoms. The standard InChI is InChI=1S/C12H19BrN4OS/c1-8(2)7-17(5-4-10(14)19)12-15-6-9(13)11(16-12)18-3/h6,8H,4-5,7H2,1-3H3,(H2,14,19). The summed E-state index contributed by atoms with van der Waals surface area (Å²) in [7, 11) is 1.58. The van der Waals surface area contributed by atoms with E-state index < -0.39 is 0 Å². The van der Waals surface area contributed by atoms with E-state index in [0.29, 0.717) is 35.7 Å². The van der Waals surface area contributed by atoms with Crippen molar-refractivity contribution in [2.75, 3.05) is 25.1 Å². The number of hydrogen-bond acceptors (Lipinski definition) is 5. The SMILES string of the molecule is COc1nc(N(CCC(N)=S)CC(C)C)ncc1Br. The summed E-state index contributed by atoms with van der Waals surface area (Å²) in [4.78, 5) is 11.3. The van der Waals surface area contributed by atoms with Crippen LogP contribution in [0.15, 0.2) is 10.7 Å². The monoisotopic (exact) mass is 346 g/mol. The maximum atomic E-state index is 5.56. The van der Waals surface area contributed by atoms with Gasteiger partial charge in [0.05, 0.1) is 22.8 Å². The van der Waals surface area contributed by atoms with Gasteiger partial charge in [-0.3, -0.25) is 0 Å². The van der Waals surface area contributed by atoms with Crippen molar-refractivity contribution in [3.05, 3.63) is 10.7 Å². The molecule has 0 aliphatic rings. The van der Waals surface area contributed by atoms with Crippen LogP contribution in [0.4, 0.5) is 5.95 Å². The Balaban J connectivity index is 2.92. The lowest BCUT2D eigenvalue weighted by Gasteiger charge is -2.24. The van der Waals surface area contributed by atoms with E-state index in [4.69, 9.17) is 22.7 Å². The molecule has 1 aromatic rings. The number of anilines is 1. The normalized spacial score (nSPS) is 10.6. The third-order valence-corrected chi connectivity index (χ3v) is 3.14. The zero-order chi connectivity index (χ0) is 14.4. The maximum Gasteiger partial charge on any atom is 0.232 e. The molecule has 1 heterocycles. The molecule has 0 aliphatic heterocycles. The number of hydrogen-bond donors (Lipinski definition) is 1. The van der Waals surface area contributed by atoms with Crippen LogP contribution in [0.3, 0.4) is 0 Å². The Morgan fingerprint density at radius 3 is 2.79 bits per heavy atom. The summed E-state index contributed by atoms with van der Waals surface area (Å²) in [6.45, 7) is 5.83. The summed E-state index contributed by atoms with van der Waals surface area (Å²) in [6.07, 6.45) is 2.33. The number of aromatic nitrogens is 2. The zero-order valence-corrected chi connectivity index (χ0v) is 13.8. The van der Waals surface area contributed by atoms with E-state index in [1.807, 2.05) is 0 Å². The first-order valence-corrected chi connectivity index (χ1v) is 7.24. The summed E-state index contributed by atoms with van der Waals surface area (Å²) in [5.41, 5.74) is 5.56. The van der Waals surface area contributed by atoms with Crippen molar-refractivity contribution in [3.63, 3.8) is 0 Å². The van der Waals surface area contributed by atoms with Crippen LogP contribution in [0.1, 0.15) is 20.3 Å². The fourth-order valence-electron chi connectivity index (χ4n) is 1.60. The molecule has 1 rings (SSSR count). The molecule has 0 amide bonds. The van der Waals surface area contributed by atoms with Gasteiger partial charge in [-0.15, -0.1) is 0 Å². The highest BCUT2D eigenvalue weighted by molar-refractivity contribution is 9.10. The lowest BCUT2D eigenvalue weighted by molar-refractivity contribution is 0.393. The van der Waals surface area contributed by atoms with Crippen molar-refractivity contribution in [1.29, 1.82) is 0 Å². The van der Waals surface area contributed by atoms with Crippen molar-refractivity contribution < 1.29 is 4.74 Å². The van der Waals surface area contributed by atoms with Gasteiger partial charge in [-0.25, -0.2) is 4.98 Å². The largest absolute Gasteiger partial charge is 0.480 e. The van der Waals surface area contributed by atoms with E-state index >= 15 is 0 Å². The highest BCUT2D eigenvalue weighted by Gasteiger charge is 2.14. The molecule has 2 N–H and O–H groups in total. The lowest BCUT2D eigenvalue weighted by atomic mass is 10.2. The van der Waals surface area contributed by atoms with Crippen LogP contribution in [0.25, 0.3) is 0 Å². The van der Waals surface area contributed by atoms with Crippen molar-refractivity contribution in [2.24, 2.45) is 11.7 Å². The van der Waals surface area contributed by atoms with Crippen molar-refractivity contribution >= 4 is 39.1 Å². The van der Waals surface area contributed by atoms with Crippen LogP contribution in [0, 0.1) is 5.92 Å². The molecule has 0 aromatic carbocycles. The van der Waals surface area contributed by atoms with Gasteiger partial charge >= 0.3 is 0 Å². The maximum absolute atomic E-state index is 5.56. The number of rotatable bonds is 7. The van der Waals surface area contributed by atoms with Gasteiger partial charge < -0.3 is 15.4 Å². The minimum absolute atomic E-state index is 0.490. The Morgan fingerprint density at radius 2 is 2.26 bits per heavy atom. The van der Waals surface area contributed by atoms with Crippen molar-refractivity contribution in [3.8, 4) is 5.88 Å².